The van der Waals surface area contributed by atoms with Crippen molar-refractivity contribution < 1.29 is 4.42 Å². The topological polar surface area (TPSA) is 25.2 Å². The van der Waals surface area contributed by atoms with Crippen LogP contribution in [0, 0.1) is 0 Å². The van der Waals surface area contributed by atoms with E-state index in [9.17, 15) is 0 Å². The number of hydrogen-bond acceptors (Lipinski definition) is 2. The lowest BCUT2D eigenvalue weighted by Gasteiger charge is -2.04. The molecule has 2 aromatic rings. The van der Waals surface area contributed by atoms with Crippen LogP contribution in [0.1, 0.15) is 18.6 Å². The van der Waals surface area contributed by atoms with Crippen LogP contribution in [0.4, 0.5) is 0 Å². The van der Waals surface area contributed by atoms with Crippen molar-refractivity contribution in [3.05, 3.63) is 47.4 Å². The van der Waals surface area contributed by atoms with Gasteiger partial charge in [-0.15, -0.1) is 0 Å². The summed E-state index contributed by atoms with van der Waals surface area (Å²) in [4.78, 5) is 0. The van der Waals surface area contributed by atoms with Crippen molar-refractivity contribution in [2.75, 3.05) is 0 Å². The molecule has 3 heteroatoms. The summed E-state index contributed by atoms with van der Waals surface area (Å²) >= 11 is 6.01. The van der Waals surface area contributed by atoms with Gasteiger partial charge >= 0.3 is 0 Å². The molecule has 0 atom stereocenters. The van der Waals surface area contributed by atoms with Gasteiger partial charge in [0.2, 0.25) is 0 Å². The first-order valence-corrected chi connectivity index (χ1v) is 6.26. The van der Waals surface area contributed by atoms with E-state index in [2.05, 4.69) is 11.4 Å². The average Bonchev–Trinajstić information content (AvgIpc) is 3.04. The van der Waals surface area contributed by atoms with E-state index in [-0.39, 0.29) is 0 Å². The molecule has 17 heavy (non-hydrogen) atoms. The highest BCUT2D eigenvalue weighted by atomic mass is 35.5. The van der Waals surface area contributed by atoms with E-state index >= 15 is 0 Å². The smallest absolute Gasteiger partial charge is 0.125 e. The maximum atomic E-state index is 6.01. The maximum absolute atomic E-state index is 6.01. The second-order valence-corrected chi connectivity index (χ2v) is 4.86. The normalized spacial score (nSPS) is 15.1. The fourth-order valence-corrected chi connectivity index (χ4v) is 2.11. The predicted molar refractivity (Wildman–Crippen MR) is 69.0 cm³/mol. The molecule has 0 saturated heterocycles. The first-order chi connectivity index (χ1) is 8.33. The van der Waals surface area contributed by atoms with Crippen LogP contribution >= 0.6 is 11.6 Å². The van der Waals surface area contributed by atoms with Crippen molar-refractivity contribution in [3.63, 3.8) is 0 Å². The Morgan fingerprint density at radius 3 is 2.94 bits per heavy atom. The van der Waals surface area contributed by atoms with Gasteiger partial charge in [0.1, 0.15) is 5.76 Å². The van der Waals surface area contributed by atoms with E-state index in [0.717, 1.165) is 28.5 Å². The number of benzene rings is 1. The molecule has 0 amide bonds. The van der Waals surface area contributed by atoms with Crippen LogP contribution in [0.15, 0.2) is 41.0 Å². The molecule has 0 unspecified atom stereocenters. The van der Waals surface area contributed by atoms with Gasteiger partial charge in [0.25, 0.3) is 0 Å². The monoisotopic (exact) mass is 247 g/mol. The Labute approximate surface area is 106 Å². The molecule has 0 aliphatic heterocycles. The minimum atomic E-state index is 0.687. The first kappa shape index (κ1) is 10.9. The van der Waals surface area contributed by atoms with Crippen molar-refractivity contribution in [2.45, 2.75) is 25.4 Å². The zero-order chi connectivity index (χ0) is 11.7. The van der Waals surface area contributed by atoms with Crippen molar-refractivity contribution in [3.8, 4) is 11.1 Å². The Morgan fingerprint density at radius 2 is 2.18 bits per heavy atom. The molecule has 88 valence electrons. The Balaban J connectivity index is 1.83. The zero-order valence-corrected chi connectivity index (χ0v) is 10.2. The summed E-state index contributed by atoms with van der Waals surface area (Å²) in [5.41, 5.74) is 2.24. The fourth-order valence-electron chi connectivity index (χ4n) is 1.92. The third-order valence-corrected chi connectivity index (χ3v) is 3.24. The largest absolute Gasteiger partial charge is 0.467 e. The van der Waals surface area contributed by atoms with Crippen molar-refractivity contribution in [1.82, 2.24) is 5.32 Å². The van der Waals surface area contributed by atoms with Crippen LogP contribution in [0.2, 0.25) is 5.02 Å². The molecule has 1 saturated carbocycles. The molecule has 0 spiro atoms. The highest BCUT2D eigenvalue weighted by Crippen LogP contribution is 2.28. The molecule has 3 rings (SSSR count). The van der Waals surface area contributed by atoms with Crippen LogP contribution < -0.4 is 5.32 Å². The third-order valence-electron chi connectivity index (χ3n) is 3.01. The lowest BCUT2D eigenvalue weighted by Crippen LogP contribution is -2.15. The van der Waals surface area contributed by atoms with E-state index < -0.39 is 0 Å². The third kappa shape index (κ3) is 2.54. The van der Waals surface area contributed by atoms with Gasteiger partial charge in [0.05, 0.1) is 12.8 Å². The number of nitrogens with one attached hydrogen (secondary N) is 1. The summed E-state index contributed by atoms with van der Waals surface area (Å²) in [6.45, 7) is 0.791. The van der Waals surface area contributed by atoms with Gasteiger partial charge in [-0.05, 0) is 36.6 Å². The average molecular weight is 248 g/mol. The Bertz CT molecular complexity index is 516. The Kier molecular flexibility index (Phi) is 2.91. The molecule has 1 N–H and O–H groups in total. The highest BCUT2D eigenvalue weighted by molar-refractivity contribution is 6.30. The van der Waals surface area contributed by atoms with Crippen LogP contribution in [0.25, 0.3) is 11.1 Å². The highest BCUT2D eigenvalue weighted by Gasteiger charge is 2.21. The summed E-state index contributed by atoms with van der Waals surface area (Å²) in [5, 5.41) is 4.21. The number of halogens is 1. The van der Waals surface area contributed by atoms with Gasteiger partial charge in [-0.25, -0.2) is 0 Å². The summed E-state index contributed by atoms with van der Waals surface area (Å²) in [7, 11) is 0. The van der Waals surface area contributed by atoms with E-state index in [1.807, 2.05) is 24.3 Å². The summed E-state index contributed by atoms with van der Waals surface area (Å²) in [6.07, 6.45) is 4.31. The van der Waals surface area contributed by atoms with E-state index in [1.165, 1.54) is 12.8 Å². The van der Waals surface area contributed by atoms with Gasteiger partial charge in [-0.3, -0.25) is 0 Å². The van der Waals surface area contributed by atoms with Crippen LogP contribution in [-0.2, 0) is 6.54 Å². The molecule has 1 aromatic heterocycles. The van der Waals surface area contributed by atoms with Gasteiger partial charge in [-0.2, -0.15) is 0 Å². The number of hydrogen-bond donors (Lipinski definition) is 1. The standard InChI is InChI=1S/C14H14ClNO/c15-11-3-1-2-10(8-11)13-6-7-17-14(13)9-16-12-4-5-12/h1-3,6-8,12,16H,4-5,9H2. The molecule has 1 aliphatic rings. The second-order valence-electron chi connectivity index (χ2n) is 4.42. The van der Waals surface area contributed by atoms with Crippen molar-refractivity contribution in [1.29, 1.82) is 0 Å². The maximum Gasteiger partial charge on any atom is 0.125 e. The first-order valence-electron chi connectivity index (χ1n) is 5.88. The lowest BCUT2D eigenvalue weighted by atomic mass is 10.1. The van der Waals surface area contributed by atoms with Gasteiger partial charge in [-0.1, -0.05) is 23.7 Å². The SMILES string of the molecule is Clc1cccc(-c2ccoc2CNC2CC2)c1. The van der Waals surface area contributed by atoms with E-state index in [0.29, 0.717) is 6.04 Å². The summed E-state index contributed by atoms with van der Waals surface area (Å²) in [6, 6.07) is 10.5. The lowest BCUT2D eigenvalue weighted by molar-refractivity contribution is 0.483. The second kappa shape index (κ2) is 4.55. The quantitative estimate of drug-likeness (QED) is 0.888. The summed E-state index contributed by atoms with van der Waals surface area (Å²) < 4.78 is 5.53. The molecule has 1 aliphatic carbocycles. The molecule has 2 nitrogen and oxygen atoms in total. The van der Waals surface area contributed by atoms with E-state index in [1.54, 1.807) is 6.26 Å². The molecular weight excluding hydrogens is 234 g/mol. The van der Waals surface area contributed by atoms with Crippen LogP contribution in [0.5, 0.6) is 0 Å². The molecular formula is C14H14ClNO. The molecule has 0 bridgehead atoms. The minimum Gasteiger partial charge on any atom is -0.467 e. The van der Waals surface area contributed by atoms with Gasteiger partial charge in [0, 0.05) is 16.6 Å². The Hall–Kier alpha value is -1.25. The molecule has 1 aromatic carbocycles. The van der Waals surface area contributed by atoms with Gasteiger partial charge < -0.3 is 9.73 Å². The zero-order valence-electron chi connectivity index (χ0n) is 9.45. The molecule has 1 heterocycles. The number of furan rings is 1. The van der Waals surface area contributed by atoms with Crippen LogP contribution in [0.3, 0.4) is 0 Å². The fraction of sp³-hybridized carbons (Fsp3) is 0.286. The minimum absolute atomic E-state index is 0.687. The number of rotatable bonds is 4. The molecule has 1 fully saturated rings. The van der Waals surface area contributed by atoms with Crippen molar-refractivity contribution in [2.24, 2.45) is 0 Å². The molecule has 0 radical (unpaired) electrons. The van der Waals surface area contributed by atoms with E-state index in [4.69, 9.17) is 16.0 Å². The van der Waals surface area contributed by atoms with Crippen molar-refractivity contribution >= 4 is 11.6 Å². The summed E-state index contributed by atoms with van der Waals surface area (Å²) in [5.74, 6) is 0.985. The Morgan fingerprint density at radius 1 is 1.29 bits per heavy atom. The van der Waals surface area contributed by atoms with Gasteiger partial charge in [0.15, 0.2) is 0 Å². The van der Waals surface area contributed by atoms with Crippen LogP contribution in [-0.4, -0.2) is 6.04 Å². The predicted octanol–water partition coefficient (Wildman–Crippen LogP) is 3.85.